The highest BCUT2D eigenvalue weighted by molar-refractivity contribution is 7.89. The van der Waals surface area contributed by atoms with Gasteiger partial charge in [-0.05, 0) is 25.7 Å². The molecule has 0 bridgehead atoms. The standard InChI is InChI=1S/C9H17N2O3S/c1-2-7-15(13,14)11-6-4-3-5-8(11)9(10)12/h5,8H,2-4,6-7H2,1H3,(H2,10,12). The van der Waals surface area contributed by atoms with E-state index >= 15 is 0 Å². The van der Waals surface area contributed by atoms with Crippen LogP contribution in [0.2, 0.25) is 0 Å². The van der Waals surface area contributed by atoms with Gasteiger partial charge in [-0.2, -0.15) is 4.31 Å². The van der Waals surface area contributed by atoms with E-state index in [2.05, 4.69) is 0 Å². The molecule has 1 rings (SSSR count). The van der Waals surface area contributed by atoms with Crippen molar-refractivity contribution in [2.45, 2.75) is 32.2 Å². The Morgan fingerprint density at radius 3 is 2.80 bits per heavy atom. The van der Waals surface area contributed by atoms with Crippen LogP contribution in [0.1, 0.15) is 26.2 Å². The van der Waals surface area contributed by atoms with Crippen molar-refractivity contribution in [3.05, 3.63) is 6.42 Å². The summed E-state index contributed by atoms with van der Waals surface area (Å²) in [5, 5.41) is 0. The number of piperidine rings is 1. The summed E-state index contributed by atoms with van der Waals surface area (Å²) in [7, 11) is -3.33. The number of carbonyl (C=O) groups is 1. The number of hydrogen-bond acceptors (Lipinski definition) is 3. The van der Waals surface area contributed by atoms with Gasteiger partial charge in [-0.15, -0.1) is 0 Å². The van der Waals surface area contributed by atoms with E-state index in [9.17, 15) is 13.2 Å². The quantitative estimate of drug-likeness (QED) is 0.735. The van der Waals surface area contributed by atoms with Gasteiger partial charge >= 0.3 is 0 Å². The van der Waals surface area contributed by atoms with Gasteiger partial charge in [0.1, 0.15) is 6.04 Å². The van der Waals surface area contributed by atoms with Crippen LogP contribution in [0.4, 0.5) is 0 Å². The predicted octanol–water partition coefficient (Wildman–Crippen LogP) is -0.120. The molecule has 0 aromatic rings. The summed E-state index contributed by atoms with van der Waals surface area (Å²) in [4.78, 5) is 11.1. The molecule has 1 aliphatic heterocycles. The first-order valence-electron chi connectivity index (χ1n) is 5.11. The minimum atomic E-state index is -3.33. The Hall–Kier alpha value is -0.620. The number of amides is 1. The van der Waals surface area contributed by atoms with Crippen molar-refractivity contribution >= 4 is 15.9 Å². The molecule has 1 radical (unpaired) electrons. The van der Waals surface area contributed by atoms with Gasteiger partial charge in [0, 0.05) is 6.54 Å². The number of nitrogens with zero attached hydrogens (tertiary/aromatic N) is 1. The zero-order valence-corrected chi connectivity index (χ0v) is 9.66. The Morgan fingerprint density at radius 2 is 2.27 bits per heavy atom. The lowest BCUT2D eigenvalue weighted by Gasteiger charge is -2.32. The van der Waals surface area contributed by atoms with Gasteiger partial charge in [-0.1, -0.05) is 6.92 Å². The van der Waals surface area contributed by atoms with Gasteiger partial charge in [0.15, 0.2) is 0 Å². The molecule has 1 heterocycles. The molecular weight excluding hydrogens is 216 g/mol. The van der Waals surface area contributed by atoms with Crippen LogP contribution in [0.3, 0.4) is 0 Å². The van der Waals surface area contributed by atoms with E-state index in [1.54, 1.807) is 13.3 Å². The third-order valence-electron chi connectivity index (χ3n) is 2.39. The molecule has 1 aliphatic rings. The van der Waals surface area contributed by atoms with E-state index in [1.807, 2.05) is 0 Å². The molecule has 6 heteroatoms. The minimum absolute atomic E-state index is 0.0740. The number of nitrogens with two attached hydrogens (primary N) is 1. The molecule has 87 valence electrons. The second-order valence-electron chi connectivity index (χ2n) is 3.65. The second kappa shape index (κ2) is 4.94. The first kappa shape index (κ1) is 12.4. The average Bonchev–Trinajstić information content (AvgIpc) is 2.17. The predicted molar refractivity (Wildman–Crippen MR) is 57.3 cm³/mol. The summed E-state index contributed by atoms with van der Waals surface area (Å²) in [5.74, 6) is -0.515. The highest BCUT2D eigenvalue weighted by Crippen LogP contribution is 2.20. The fraction of sp³-hybridized carbons (Fsp3) is 0.778. The minimum Gasteiger partial charge on any atom is -0.368 e. The van der Waals surface area contributed by atoms with Gasteiger partial charge in [0.2, 0.25) is 15.9 Å². The van der Waals surface area contributed by atoms with Crippen molar-refractivity contribution < 1.29 is 13.2 Å². The summed E-state index contributed by atoms with van der Waals surface area (Å²) in [6.07, 6.45) is 3.72. The number of carbonyl (C=O) groups excluding carboxylic acids is 1. The maximum atomic E-state index is 11.8. The molecule has 0 spiro atoms. The van der Waals surface area contributed by atoms with Crippen LogP contribution < -0.4 is 5.73 Å². The first-order valence-corrected chi connectivity index (χ1v) is 6.72. The fourth-order valence-corrected chi connectivity index (χ4v) is 3.42. The van der Waals surface area contributed by atoms with Crippen LogP contribution >= 0.6 is 0 Å². The van der Waals surface area contributed by atoms with Crippen LogP contribution in [-0.4, -0.2) is 37.0 Å². The van der Waals surface area contributed by atoms with Gasteiger partial charge in [0.05, 0.1) is 5.75 Å². The highest BCUT2D eigenvalue weighted by Gasteiger charge is 2.34. The Bertz CT molecular complexity index is 326. The lowest BCUT2D eigenvalue weighted by Crippen LogP contribution is -2.51. The van der Waals surface area contributed by atoms with Crippen LogP contribution in [0, 0.1) is 6.42 Å². The molecule has 1 fully saturated rings. The Morgan fingerprint density at radius 1 is 1.60 bits per heavy atom. The number of sulfonamides is 1. The van der Waals surface area contributed by atoms with E-state index in [0.717, 1.165) is 12.8 Å². The molecular formula is C9H17N2O3S. The van der Waals surface area contributed by atoms with Crippen molar-refractivity contribution in [1.29, 1.82) is 0 Å². The molecule has 1 amide bonds. The third-order valence-corrected chi connectivity index (χ3v) is 4.44. The molecule has 15 heavy (non-hydrogen) atoms. The second-order valence-corrected chi connectivity index (χ2v) is 5.69. The van der Waals surface area contributed by atoms with Crippen molar-refractivity contribution in [1.82, 2.24) is 4.31 Å². The van der Waals surface area contributed by atoms with Crippen molar-refractivity contribution in [2.24, 2.45) is 5.73 Å². The van der Waals surface area contributed by atoms with Crippen molar-refractivity contribution in [3.63, 3.8) is 0 Å². The fourth-order valence-electron chi connectivity index (χ4n) is 1.72. The zero-order valence-electron chi connectivity index (χ0n) is 8.85. The van der Waals surface area contributed by atoms with E-state index in [0.29, 0.717) is 13.0 Å². The zero-order chi connectivity index (χ0) is 11.5. The van der Waals surface area contributed by atoms with Gasteiger partial charge in [-0.3, -0.25) is 4.79 Å². The first-order chi connectivity index (χ1) is 6.99. The summed E-state index contributed by atoms with van der Waals surface area (Å²) < 4.78 is 24.8. The number of hydrogen-bond donors (Lipinski definition) is 1. The van der Waals surface area contributed by atoms with Gasteiger partial charge < -0.3 is 5.73 Å². The Balaban J connectivity index is 2.85. The van der Waals surface area contributed by atoms with Crippen LogP contribution in [0.5, 0.6) is 0 Å². The van der Waals surface area contributed by atoms with E-state index < -0.39 is 22.0 Å². The SMILES string of the molecule is CCCS(=O)(=O)N1CCC[CH]C1C(N)=O. The van der Waals surface area contributed by atoms with Gasteiger partial charge in [0.25, 0.3) is 0 Å². The lowest BCUT2D eigenvalue weighted by molar-refractivity contribution is -0.121. The summed E-state index contributed by atoms with van der Waals surface area (Å²) >= 11 is 0. The maximum absolute atomic E-state index is 11.8. The normalized spacial score (nSPS) is 23.9. The lowest BCUT2D eigenvalue weighted by atomic mass is 10.0. The molecule has 0 aromatic carbocycles. The average molecular weight is 233 g/mol. The molecule has 1 atom stereocenters. The van der Waals surface area contributed by atoms with Gasteiger partial charge in [-0.25, -0.2) is 8.42 Å². The van der Waals surface area contributed by atoms with E-state index in [4.69, 9.17) is 5.73 Å². The summed E-state index contributed by atoms with van der Waals surface area (Å²) in [6, 6.07) is -0.754. The summed E-state index contributed by atoms with van der Waals surface area (Å²) in [6.45, 7) is 2.19. The molecule has 5 nitrogen and oxygen atoms in total. The van der Waals surface area contributed by atoms with E-state index in [-0.39, 0.29) is 5.75 Å². The van der Waals surface area contributed by atoms with Crippen molar-refractivity contribution in [2.75, 3.05) is 12.3 Å². The Kier molecular flexibility index (Phi) is 4.10. The molecule has 1 saturated heterocycles. The molecule has 2 N–H and O–H groups in total. The monoisotopic (exact) mass is 233 g/mol. The van der Waals surface area contributed by atoms with Crippen molar-refractivity contribution in [3.8, 4) is 0 Å². The highest BCUT2D eigenvalue weighted by atomic mass is 32.2. The molecule has 0 aliphatic carbocycles. The summed E-state index contributed by atoms with van der Waals surface area (Å²) in [5.41, 5.74) is 5.17. The van der Waals surface area contributed by atoms with Crippen LogP contribution in [0.25, 0.3) is 0 Å². The Labute approximate surface area is 90.7 Å². The number of rotatable bonds is 4. The molecule has 0 aromatic heterocycles. The van der Waals surface area contributed by atoms with Crippen LogP contribution in [0.15, 0.2) is 0 Å². The number of primary amides is 1. The molecule has 1 unspecified atom stereocenters. The topological polar surface area (TPSA) is 80.5 Å². The maximum Gasteiger partial charge on any atom is 0.236 e. The van der Waals surface area contributed by atoms with E-state index in [1.165, 1.54) is 4.31 Å². The van der Waals surface area contributed by atoms with Crippen LogP contribution in [-0.2, 0) is 14.8 Å². The smallest absolute Gasteiger partial charge is 0.236 e. The largest absolute Gasteiger partial charge is 0.368 e. The molecule has 0 saturated carbocycles. The third kappa shape index (κ3) is 2.92.